The molecule has 3 aliphatic rings. The fourth-order valence-electron chi connectivity index (χ4n) is 5.17. The van der Waals surface area contributed by atoms with E-state index in [-0.39, 0.29) is 11.5 Å². The van der Waals surface area contributed by atoms with Crippen LogP contribution < -0.4 is 9.64 Å². The van der Waals surface area contributed by atoms with Crippen LogP contribution in [0.15, 0.2) is 42.5 Å². The van der Waals surface area contributed by atoms with Gasteiger partial charge in [-0.05, 0) is 54.7 Å². The molecular weight excluding hydrogens is 392 g/mol. The second kappa shape index (κ2) is 8.52. The van der Waals surface area contributed by atoms with E-state index in [2.05, 4.69) is 23.1 Å². The molecule has 3 heterocycles. The zero-order chi connectivity index (χ0) is 21.3. The lowest BCUT2D eigenvalue weighted by molar-refractivity contribution is -0.0935. The average Bonchev–Trinajstić information content (AvgIpc) is 2.84. The number of carbonyl (C=O) groups excluding carboxylic acids is 1. The molecule has 5 rings (SSSR count). The minimum atomic E-state index is -0.291. The Morgan fingerprint density at radius 1 is 1.00 bits per heavy atom. The van der Waals surface area contributed by atoms with Crippen LogP contribution in [0.2, 0.25) is 0 Å². The molecule has 0 aliphatic carbocycles. The van der Waals surface area contributed by atoms with Crippen molar-refractivity contribution in [1.29, 1.82) is 0 Å². The Morgan fingerprint density at radius 3 is 2.55 bits per heavy atom. The highest BCUT2D eigenvalue weighted by atomic mass is 16.5. The van der Waals surface area contributed by atoms with Gasteiger partial charge in [0.2, 0.25) is 0 Å². The van der Waals surface area contributed by atoms with Gasteiger partial charge < -0.3 is 24.0 Å². The number of ether oxygens (including phenoxy) is 3. The third-order valence-corrected chi connectivity index (χ3v) is 6.90. The maximum absolute atomic E-state index is 13.5. The monoisotopic (exact) mass is 422 g/mol. The van der Waals surface area contributed by atoms with Crippen LogP contribution >= 0.6 is 0 Å². The lowest BCUT2D eigenvalue weighted by atomic mass is 9.79. The largest absolute Gasteiger partial charge is 0.497 e. The topological polar surface area (TPSA) is 51.2 Å². The fraction of sp³-hybridized carbons (Fsp3) is 0.480. The van der Waals surface area contributed by atoms with Crippen LogP contribution in [0, 0.1) is 0 Å². The normalized spacial score (nSPS) is 20.4. The summed E-state index contributed by atoms with van der Waals surface area (Å²) in [6.07, 6.45) is 2.54. The van der Waals surface area contributed by atoms with Crippen LogP contribution in [0.1, 0.15) is 34.3 Å². The van der Waals surface area contributed by atoms with E-state index in [4.69, 9.17) is 14.2 Å². The van der Waals surface area contributed by atoms with Gasteiger partial charge in [0.05, 0.1) is 38.1 Å². The molecule has 0 bridgehead atoms. The molecule has 31 heavy (non-hydrogen) atoms. The summed E-state index contributed by atoms with van der Waals surface area (Å²) in [6, 6.07) is 14.3. The number of fused-ring (bicyclic) bond motifs is 2. The molecule has 1 spiro atoms. The fourth-order valence-corrected chi connectivity index (χ4v) is 5.17. The van der Waals surface area contributed by atoms with Gasteiger partial charge in [-0.1, -0.05) is 18.2 Å². The number of para-hydroxylation sites is 1. The Labute approximate surface area is 183 Å². The van der Waals surface area contributed by atoms with Gasteiger partial charge in [0.15, 0.2) is 0 Å². The summed E-state index contributed by atoms with van der Waals surface area (Å²) in [4.78, 5) is 17.7. The number of benzene rings is 2. The van der Waals surface area contributed by atoms with E-state index in [9.17, 15) is 4.79 Å². The molecule has 0 atom stereocenters. The molecule has 6 nitrogen and oxygen atoms in total. The van der Waals surface area contributed by atoms with E-state index in [1.807, 2.05) is 29.2 Å². The molecule has 0 unspecified atom stereocenters. The first-order valence-electron chi connectivity index (χ1n) is 11.2. The van der Waals surface area contributed by atoms with Gasteiger partial charge in [-0.25, -0.2) is 0 Å². The molecule has 2 saturated heterocycles. The van der Waals surface area contributed by atoms with Crippen molar-refractivity contribution < 1.29 is 19.0 Å². The van der Waals surface area contributed by atoms with Gasteiger partial charge in [-0.15, -0.1) is 0 Å². The number of morpholine rings is 1. The third-order valence-electron chi connectivity index (χ3n) is 6.90. The van der Waals surface area contributed by atoms with Crippen molar-refractivity contribution in [1.82, 2.24) is 4.90 Å². The van der Waals surface area contributed by atoms with Crippen molar-refractivity contribution in [3.63, 3.8) is 0 Å². The molecule has 1 amide bonds. The number of hydrogen-bond acceptors (Lipinski definition) is 5. The minimum absolute atomic E-state index is 0.114. The average molecular weight is 423 g/mol. The van der Waals surface area contributed by atoms with E-state index in [0.717, 1.165) is 49.4 Å². The number of hydrogen-bond donors (Lipinski definition) is 0. The number of methoxy groups -OCH3 is 1. The van der Waals surface area contributed by atoms with E-state index < -0.39 is 0 Å². The Balaban J connectivity index is 1.34. The van der Waals surface area contributed by atoms with Gasteiger partial charge in [0.1, 0.15) is 5.75 Å². The Kier molecular flexibility index (Phi) is 5.59. The molecule has 6 heteroatoms. The van der Waals surface area contributed by atoms with Crippen molar-refractivity contribution in [2.24, 2.45) is 0 Å². The van der Waals surface area contributed by atoms with Crippen molar-refractivity contribution >= 4 is 11.6 Å². The number of carbonyl (C=O) groups is 1. The summed E-state index contributed by atoms with van der Waals surface area (Å²) in [6.45, 7) is 5.16. The van der Waals surface area contributed by atoms with E-state index >= 15 is 0 Å². The SMILES string of the molecule is COc1ccc2c(c1)CCOC21CCN(C(=O)c2ccccc2N2CCOCC2)CC1. The van der Waals surface area contributed by atoms with E-state index in [1.54, 1.807) is 7.11 Å². The smallest absolute Gasteiger partial charge is 0.255 e. The number of nitrogens with zero attached hydrogens (tertiary/aromatic N) is 2. The van der Waals surface area contributed by atoms with Gasteiger partial charge >= 0.3 is 0 Å². The van der Waals surface area contributed by atoms with Crippen LogP contribution in [0.25, 0.3) is 0 Å². The first kappa shape index (κ1) is 20.3. The standard InChI is InChI=1S/C25H30N2O4/c1-29-20-6-7-22-19(18-20)8-15-31-25(22)9-11-27(12-10-25)24(28)21-4-2-3-5-23(21)26-13-16-30-17-14-26/h2-7,18H,8-17H2,1H3. The Morgan fingerprint density at radius 2 is 1.77 bits per heavy atom. The van der Waals surface area contributed by atoms with E-state index in [0.29, 0.717) is 32.9 Å². The highest BCUT2D eigenvalue weighted by Gasteiger charge is 2.42. The lowest BCUT2D eigenvalue weighted by Gasteiger charge is -2.45. The van der Waals surface area contributed by atoms with Gasteiger partial charge in [0.25, 0.3) is 5.91 Å². The minimum Gasteiger partial charge on any atom is -0.497 e. The zero-order valence-corrected chi connectivity index (χ0v) is 18.1. The number of amides is 1. The first-order chi connectivity index (χ1) is 15.2. The number of anilines is 1. The third kappa shape index (κ3) is 3.79. The predicted molar refractivity (Wildman–Crippen MR) is 119 cm³/mol. The molecule has 2 aromatic rings. The number of likely N-dealkylation sites (tertiary alicyclic amines) is 1. The molecule has 3 aliphatic heterocycles. The van der Waals surface area contributed by atoms with Crippen molar-refractivity contribution in [2.45, 2.75) is 24.9 Å². The van der Waals surface area contributed by atoms with Gasteiger partial charge in [0, 0.05) is 31.9 Å². The van der Waals surface area contributed by atoms with Crippen LogP contribution in [-0.2, 0) is 21.5 Å². The summed E-state index contributed by atoms with van der Waals surface area (Å²) < 4.78 is 17.3. The molecule has 2 fully saturated rings. The van der Waals surface area contributed by atoms with Crippen LogP contribution in [0.4, 0.5) is 5.69 Å². The lowest BCUT2D eigenvalue weighted by Crippen LogP contribution is -2.48. The van der Waals surface area contributed by atoms with Crippen molar-refractivity contribution in [2.75, 3.05) is 58.0 Å². The highest BCUT2D eigenvalue weighted by Crippen LogP contribution is 2.42. The second-order valence-electron chi connectivity index (χ2n) is 8.52. The summed E-state index contributed by atoms with van der Waals surface area (Å²) in [7, 11) is 1.70. The van der Waals surface area contributed by atoms with Crippen LogP contribution in [-0.4, -0.2) is 63.9 Å². The van der Waals surface area contributed by atoms with Gasteiger partial charge in [-0.2, -0.15) is 0 Å². The maximum atomic E-state index is 13.5. The first-order valence-corrected chi connectivity index (χ1v) is 11.2. The predicted octanol–water partition coefficient (Wildman–Crippen LogP) is 3.24. The number of rotatable bonds is 3. The summed E-state index contributed by atoms with van der Waals surface area (Å²) in [5.41, 5.74) is 4.08. The molecular formula is C25H30N2O4. The second-order valence-corrected chi connectivity index (χ2v) is 8.52. The van der Waals surface area contributed by atoms with E-state index in [1.165, 1.54) is 11.1 Å². The molecule has 164 valence electrons. The summed E-state index contributed by atoms with van der Waals surface area (Å²) in [5, 5.41) is 0. The van der Waals surface area contributed by atoms with Crippen molar-refractivity contribution in [3.8, 4) is 5.75 Å². The Bertz CT molecular complexity index is 946. The van der Waals surface area contributed by atoms with Crippen LogP contribution in [0.5, 0.6) is 5.75 Å². The number of piperidine rings is 1. The molecule has 0 N–H and O–H groups in total. The quantitative estimate of drug-likeness (QED) is 0.760. The zero-order valence-electron chi connectivity index (χ0n) is 18.1. The molecule has 0 aromatic heterocycles. The maximum Gasteiger partial charge on any atom is 0.255 e. The molecule has 0 radical (unpaired) electrons. The molecule has 0 saturated carbocycles. The van der Waals surface area contributed by atoms with Crippen LogP contribution in [0.3, 0.4) is 0 Å². The van der Waals surface area contributed by atoms with Crippen molar-refractivity contribution in [3.05, 3.63) is 59.2 Å². The summed E-state index contributed by atoms with van der Waals surface area (Å²) >= 11 is 0. The van der Waals surface area contributed by atoms with Gasteiger partial charge in [-0.3, -0.25) is 4.79 Å². The Hall–Kier alpha value is -2.57. The molecule has 2 aromatic carbocycles. The summed E-state index contributed by atoms with van der Waals surface area (Å²) in [5.74, 6) is 1.01. The highest BCUT2D eigenvalue weighted by molar-refractivity contribution is 6.00.